The van der Waals surface area contributed by atoms with Gasteiger partial charge in [-0.05, 0) is 27.2 Å². The Hall–Kier alpha value is -1.10. The van der Waals surface area contributed by atoms with Gasteiger partial charge in [0, 0.05) is 6.42 Å². The van der Waals surface area contributed by atoms with E-state index in [1.165, 1.54) is 70.6 Å². The average molecular weight is 429 g/mol. The number of carbonyl (C=O) groups excluding carboxylic acids is 2. The third-order valence-corrected chi connectivity index (χ3v) is 4.85. The third kappa shape index (κ3) is 23.2. The lowest BCUT2D eigenvalue weighted by Gasteiger charge is -2.19. The summed E-state index contributed by atoms with van der Waals surface area (Å²) in [4.78, 5) is 23.2. The van der Waals surface area contributed by atoms with Gasteiger partial charge in [0.1, 0.15) is 12.2 Å². The minimum Gasteiger partial charge on any atom is -0.463 e. The molecule has 5 nitrogen and oxygen atoms in total. The number of esters is 2. The number of hydrogen-bond donors (Lipinski definition) is 0. The molecule has 0 fully saturated rings. The molecule has 0 rings (SSSR count). The van der Waals surface area contributed by atoms with Crippen LogP contribution in [-0.4, -0.2) is 37.4 Å². The molecule has 0 saturated carbocycles. The van der Waals surface area contributed by atoms with Gasteiger partial charge in [-0.15, -0.1) is 0 Å². The van der Waals surface area contributed by atoms with Crippen LogP contribution in [0.2, 0.25) is 0 Å². The number of rotatable bonds is 20. The molecule has 0 radical (unpaired) electrons. The predicted molar refractivity (Wildman–Crippen MR) is 123 cm³/mol. The second-order valence-electron chi connectivity index (χ2n) is 9.16. The van der Waals surface area contributed by atoms with Crippen molar-refractivity contribution in [3.63, 3.8) is 0 Å². The third-order valence-electron chi connectivity index (χ3n) is 4.85. The van der Waals surface area contributed by atoms with Crippen molar-refractivity contribution in [2.45, 2.75) is 130 Å². The Labute approximate surface area is 185 Å². The molecule has 0 aliphatic carbocycles. The van der Waals surface area contributed by atoms with Crippen LogP contribution in [0, 0.1) is 0 Å². The maximum Gasteiger partial charge on any atom is 0.308 e. The topological polar surface area (TPSA) is 61.8 Å². The molecule has 0 aliphatic rings. The summed E-state index contributed by atoms with van der Waals surface area (Å²) in [6.07, 6.45) is 17.5. The first-order valence-corrected chi connectivity index (χ1v) is 12.3. The Morgan fingerprint density at radius 3 is 1.60 bits per heavy atom. The highest BCUT2D eigenvalue weighted by Gasteiger charge is 2.15. The van der Waals surface area contributed by atoms with Gasteiger partial charge in [0.2, 0.25) is 0 Å². The number of ether oxygens (including phenoxy) is 3. The summed E-state index contributed by atoms with van der Waals surface area (Å²) in [5.74, 6) is -0.435. The van der Waals surface area contributed by atoms with E-state index in [2.05, 4.69) is 6.92 Å². The smallest absolute Gasteiger partial charge is 0.308 e. The molecule has 0 saturated heterocycles. The maximum absolute atomic E-state index is 11.7. The molecule has 30 heavy (non-hydrogen) atoms. The van der Waals surface area contributed by atoms with Gasteiger partial charge in [0.15, 0.2) is 0 Å². The van der Waals surface area contributed by atoms with Gasteiger partial charge in [-0.3, -0.25) is 9.59 Å². The SMILES string of the molecule is CCCCCCCCCCCCCCCC(=O)OCCOCCC(=O)OC(C)(C)C. The van der Waals surface area contributed by atoms with Crippen molar-refractivity contribution < 1.29 is 23.8 Å². The van der Waals surface area contributed by atoms with Crippen LogP contribution in [-0.2, 0) is 23.8 Å². The largest absolute Gasteiger partial charge is 0.463 e. The van der Waals surface area contributed by atoms with Gasteiger partial charge >= 0.3 is 11.9 Å². The lowest BCUT2D eigenvalue weighted by Crippen LogP contribution is -2.24. The van der Waals surface area contributed by atoms with Crippen molar-refractivity contribution in [2.24, 2.45) is 0 Å². The van der Waals surface area contributed by atoms with E-state index in [0.29, 0.717) is 13.0 Å². The standard InChI is InChI=1S/C25H48O5/c1-5-6-7-8-9-10-11-12-13-14-15-16-17-18-23(26)29-22-21-28-20-19-24(27)30-25(2,3)4/h5-22H2,1-4H3. The Morgan fingerprint density at radius 2 is 1.10 bits per heavy atom. The summed E-state index contributed by atoms with van der Waals surface area (Å²) >= 11 is 0. The van der Waals surface area contributed by atoms with E-state index >= 15 is 0 Å². The summed E-state index contributed by atoms with van der Waals surface area (Å²) in [6, 6.07) is 0. The van der Waals surface area contributed by atoms with Crippen LogP contribution in [0.15, 0.2) is 0 Å². The quantitative estimate of drug-likeness (QED) is 0.158. The first-order chi connectivity index (χ1) is 14.3. The molecular formula is C25H48O5. The zero-order valence-electron chi connectivity index (χ0n) is 20.3. The fourth-order valence-electron chi connectivity index (χ4n) is 3.22. The zero-order valence-corrected chi connectivity index (χ0v) is 20.3. The molecule has 0 aromatic heterocycles. The van der Waals surface area contributed by atoms with E-state index in [0.717, 1.165) is 12.8 Å². The van der Waals surface area contributed by atoms with Gasteiger partial charge < -0.3 is 14.2 Å². The molecule has 0 atom stereocenters. The van der Waals surface area contributed by atoms with E-state index in [9.17, 15) is 9.59 Å². The normalized spacial score (nSPS) is 11.5. The Kier molecular flexibility index (Phi) is 19.1. The highest BCUT2D eigenvalue weighted by molar-refractivity contribution is 5.70. The lowest BCUT2D eigenvalue weighted by atomic mass is 10.0. The molecule has 0 N–H and O–H groups in total. The summed E-state index contributed by atoms with van der Waals surface area (Å²) in [7, 11) is 0. The van der Waals surface area contributed by atoms with Gasteiger partial charge in [-0.2, -0.15) is 0 Å². The predicted octanol–water partition coefficient (Wildman–Crippen LogP) is 6.76. The first-order valence-electron chi connectivity index (χ1n) is 12.3. The van der Waals surface area contributed by atoms with E-state index in [1.807, 2.05) is 20.8 Å². The number of hydrogen-bond acceptors (Lipinski definition) is 5. The van der Waals surface area contributed by atoms with Crippen molar-refractivity contribution in [2.75, 3.05) is 19.8 Å². The van der Waals surface area contributed by atoms with Crippen LogP contribution in [0.5, 0.6) is 0 Å². The molecule has 0 bridgehead atoms. The van der Waals surface area contributed by atoms with Crippen LogP contribution in [0.3, 0.4) is 0 Å². The fraction of sp³-hybridized carbons (Fsp3) is 0.920. The summed E-state index contributed by atoms with van der Waals surface area (Å²) < 4.78 is 15.7. The molecule has 0 aromatic carbocycles. The van der Waals surface area contributed by atoms with E-state index in [4.69, 9.17) is 14.2 Å². The minimum absolute atomic E-state index is 0.159. The number of unbranched alkanes of at least 4 members (excludes halogenated alkanes) is 12. The second kappa shape index (κ2) is 19.8. The zero-order chi connectivity index (χ0) is 22.5. The second-order valence-corrected chi connectivity index (χ2v) is 9.16. The molecule has 0 amide bonds. The minimum atomic E-state index is -0.472. The molecule has 0 unspecified atom stereocenters. The molecule has 178 valence electrons. The van der Waals surface area contributed by atoms with Crippen molar-refractivity contribution >= 4 is 11.9 Å². The van der Waals surface area contributed by atoms with Gasteiger partial charge in [0.05, 0.1) is 19.6 Å². The van der Waals surface area contributed by atoms with Gasteiger partial charge in [0.25, 0.3) is 0 Å². The van der Waals surface area contributed by atoms with Crippen molar-refractivity contribution in [3.05, 3.63) is 0 Å². The fourth-order valence-corrected chi connectivity index (χ4v) is 3.22. The van der Waals surface area contributed by atoms with E-state index < -0.39 is 5.60 Å². The van der Waals surface area contributed by atoms with Crippen LogP contribution in [0.25, 0.3) is 0 Å². The highest BCUT2D eigenvalue weighted by atomic mass is 16.6. The monoisotopic (exact) mass is 428 g/mol. The molecule has 5 heteroatoms. The van der Waals surface area contributed by atoms with E-state index in [-0.39, 0.29) is 31.6 Å². The maximum atomic E-state index is 11.7. The van der Waals surface area contributed by atoms with Crippen LogP contribution in [0.1, 0.15) is 124 Å². The molecular weight excluding hydrogens is 380 g/mol. The van der Waals surface area contributed by atoms with Gasteiger partial charge in [-0.25, -0.2) is 0 Å². The highest BCUT2D eigenvalue weighted by Crippen LogP contribution is 2.13. The van der Waals surface area contributed by atoms with Crippen LogP contribution in [0.4, 0.5) is 0 Å². The van der Waals surface area contributed by atoms with Crippen LogP contribution < -0.4 is 0 Å². The average Bonchev–Trinajstić information content (AvgIpc) is 2.66. The Balaban J connectivity index is 3.28. The lowest BCUT2D eigenvalue weighted by molar-refractivity contribution is -0.156. The molecule has 0 aliphatic heterocycles. The summed E-state index contributed by atoms with van der Waals surface area (Å²) in [6.45, 7) is 8.61. The van der Waals surface area contributed by atoms with E-state index in [1.54, 1.807) is 0 Å². The molecule has 0 aromatic rings. The molecule has 0 heterocycles. The first kappa shape index (κ1) is 28.9. The van der Waals surface area contributed by atoms with Crippen molar-refractivity contribution in [1.82, 2.24) is 0 Å². The number of carbonyl (C=O) groups is 2. The molecule has 0 spiro atoms. The summed E-state index contributed by atoms with van der Waals surface area (Å²) in [5, 5.41) is 0. The summed E-state index contributed by atoms with van der Waals surface area (Å²) in [5.41, 5.74) is -0.472. The van der Waals surface area contributed by atoms with Gasteiger partial charge in [-0.1, -0.05) is 84.0 Å². The Bertz CT molecular complexity index is 414. The van der Waals surface area contributed by atoms with Crippen molar-refractivity contribution in [1.29, 1.82) is 0 Å². The Morgan fingerprint density at radius 1 is 0.600 bits per heavy atom. The van der Waals surface area contributed by atoms with Crippen molar-refractivity contribution in [3.8, 4) is 0 Å². The van der Waals surface area contributed by atoms with Crippen LogP contribution >= 0.6 is 0 Å².